The van der Waals surface area contributed by atoms with E-state index in [4.69, 9.17) is 28.9 Å². The summed E-state index contributed by atoms with van der Waals surface area (Å²) in [5.41, 5.74) is 6.91. The summed E-state index contributed by atoms with van der Waals surface area (Å²) < 4.78 is 0. The lowest BCUT2D eigenvalue weighted by Gasteiger charge is -2.33. The molecular formula is C13H18Cl2N2S. The first-order valence-electron chi connectivity index (χ1n) is 6.08. The van der Waals surface area contributed by atoms with Crippen LogP contribution in [0, 0.1) is 0 Å². The van der Waals surface area contributed by atoms with Crippen LogP contribution in [-0.2, 0) is 0 Å². The molecule has 0 aromatic heterocycles. The molecule has 2 nitrogen and oxygen atoms in total. The van der Waals surface area contributed by atoms with Gasteiger partial charge in [-0.1, -0.05) is 29.3 Å². The Hall–Kier alpha value is 0.0700. The maximum atomic E-state index is 6.28. The van der Waals surface area contributed by atoms with E-state index in [2.05, 4.69) is 11.9 Å². The van der Waals surface area contributed by atoms with E-state index in [1.54, 1.807) is 0 Å². The molecule has 0 aliphatic carbocycles. The molecule has 2 rings (SSSR count). The molecule has 100 valence electrons. The van der Waals surface area contributed by atoms with E-state index in [0.29, 0.717) is 22.6 Å². The van der Waals surface area contributed by atoms with Crippen molar-refractivity contribution in [3.63, 3.8) is 0 Å². The van der Waals surface area contributed by atoms with E-state index in [9.17, 15) is 0 Å². The van der Waals surface area contributed by atoms with Gasteiger partial charge in [0.2, 0.25) is 0 Å². The quantitative estimate of drug-likeness (QED) is 0.924. The number of halogens is 2. The second-order valence-corrected chi connectivity index (χ2v) is 6.53. The molecule has 1 fully saturated rings. The topological polar surface area (TPSA) is 29.3 Å². The molecule has 1 aromatic rings. The van der Waals surface area contributed by atoms with Gasteiger partial charge in [0.05, 0.1) is 0 Å². The number of hydrogen-bond donors (Lipinski definition) is 1. The summed E-state index contributed by atoms with van der Waals surface area (Å²) in [6.07, 6.45) is 1.21. The molecule has 1 aromatic carbocycles. The van der Waals surface area contributed by atoms with Crippen LogP contribution in [0.5, 0.6) is 0 Å². The molecule has 1 aliphatic heterocycles. The predicted octanol–water partition coefficient (Wildman–Crippen LogP) is 3.43. The minimum Gasteiger partial charge on any atom is -0.329 e. The third kappa shape index (κ3) is 2.97. The smallest absolute Gasteiger partial charge is 0.0500 e. The molecule has 1 saturated heterocycles. The van der Waals surface area contributed by atoms with Crippen molar-refractivity contribution in [2.24, 2.45) is 5.73 Å². The first-order valence-corrected chi connectivity index (χ1v) is 8.00. The van der Waals surface area contributed by atoms with Crippen LogP contribution in [0.4, 0.5) is 0 Å². The minimum atomic E-state index is 0.0925. The SMILES string of the molecule is CN(C1CCSC1)C(CN)c1c(Cl)cccc1Cl. The third-order valence-corrected chi connectivity index (χ3v) is 5.33. The van der Waals surface area contributed by atoms with Gasteiger partial charge in [-0.15, -0.1) is 0 Å². The van der Waals surface area contributed by atoms with Crippen LogP contribution < -0.4 is 5.73 Å². The lowest BCUT2D eigenvalue weighted by atomic mass is 10.0. The Kier molecular flexibility index (Phi) is 5.22. The standard InChI is InChI=1S/C13H18Cl2N2S/c1-17(9-5-6-18-8-9)12(7-16)13-10(14)3-2-4-11(13)15/h2-4,9,12H,5-8,16H2,1H3. The molecule has 0 amide bonds. The van der Waals surface area contributed by atoms with Crippen molar-refractivity contribution in [1.82, 2.24) is 4.90 Å². The van der Waals surface area contributed by atoms with Crippen LogP contribution in [0.15, 0.2) is 18.2 Å². The molecule has 18 heavy (non-hydrogen) atoms. The second kappa shape index (κ2) is 6.49. The molecule has 0 bridgehead atoms. The van der Waals surface area contributed by atoms with Gasteiger partial charge >= 0.3 is 0 Å². The summed E-state index contributed by atoms with van der Waals surface area (Å²) in [6, 6.07) is 6.28. The number of likely N-dealkylation sites (N-methyl/N-ethyl adjacent to an activating group) is 1. The fraction of sp³-hybridized carbons (Fsp3) is 0.538. The Labute approximate surface area is 123 Å². The van der Waals surface area contributed by atoms with Crippen molar-refractivity contribution >= 4 is 35.0 Å². The normalized spacial score (nSPS) is 21.5. The van der Waals surface area contributed by atoms with E-state index < -0.39 is 0 Å². The van der Waals surface area contributed by atoms with Gasteiger partial charge < -0.3 is 5.73 Å². The maximum Gasteiger partial charge on any atom is 0.0500 e. The van der Waals surface area contributed by atoms with Crippen LogP contribution >= 0.6 is 35.0 Å². The highest BCUT2D eigenvalue weighted by Crippen LogP contribution is 2.35. The van der Waals surface area contributed by atoms with Crippen molar-refractivity contribution in [3.05, 3.63) is 33.8 Å². The van der Waals surface area contributed by atoms with Crippen molar-refractivity contribution in [2.75, 3.05) is 25.1 Å². The van der Waals surface area contributed by atoms with Gasteiger partial charge in [0.25, 0.3) is 0 Å². The maximum absolute atomic E-state index is 6.28. The molecule has 0 spiro atoms. The number of benzene rings is 1. The van der Waals surface area contributed by atoms with Gasteiger partial charge in [0.15, 0.2) is 0 Å². The zero-order valence-electron chi connectivity index (χ0n) is 10.4. The van der Waals surface area contributed by atoms with Gasteiger partial charge in [0, 0.05) is 40.0 Å². The second-order valence-electron chi connectivity index (χ2n) is 4.57. The van der Waals surface area contributed by atoms with E-state index in [0.717, 1.165) is 11.3 Å². The van der Waals surface area contributed by atoms with Crippen LogP contribution in [0.25, 0.3) is 0 Å². The molecule has 1 aliphatic rings. The van der Waals surface area contributed by atoms with E-state index in [-0.39, 0.29) is 6.04 Å². The number of hydrogen-bond acceptors (Lipinski definition) is 3. The van der Waals surface area contributed by atoms with E-state index in [1.165, 1.54) is 12.2 Å². The van der Waals surface area contributed by atoms with Gasteiger partial charge in [-0.2, -0.15) is 11.8 Å². The lowest BCUT2D eigenvalue weighted by Crippen LogP contribution is -2.38. The predicted molar refractivity (Wildman–Crippen MR) is 81.8 cm³/mol. The van der Waals surface area contributed by atoms with E-state index >= 15 is 0 Å². The summed E-state index contributed by atoms with van der Waals surface area (Å²) in [4.78, 5) is 2.33. The van der Waals surface area contributed by atoms with Gasteiger partial charge in [-0.25, -0.2) is 0 Å². The van der Waals surface area contributed by atoms with E-state index in [1.807, 2.05) is 30.0 Å². The Morgan fingerprint density at radius 2 is 2.11 bits per heavy atom. The van der Waals surface area contributed by atoms with Crippen molar-refractivity contribution in [1.29, 1.82) is 0 Å². The Bertz CT molecular complexity index is 388. The average molecular weight is 305 g/mol. The third-order valence-electron chi connectivity index (χ3n) is 3.53. The van der Waals surface area contributed by atoms with Crippen molar-refractivity contribution < 1.29 is 0 Å². The number of thioether (sulfide) groups is 1. The monoisotopic (exact) mass is 304 g/mol. The van der Waals surface area contributed by atoms with Crippen LogP contribution in [0.2, 0.25) is 10.0 Å². The first kappa shape index (κ1) is 14.5. The fourth-order valence-electron chi connectivity index (χ4n) is 2.41. The van der Waals surface area contributed by atoms with Crippen molar-refractivity contribution in [2.45, 2.75) is 18.5 Å². The summed E-state index contributed by atoms with van der Waals surface area (Å²) in [5.74, 6) is 2.39. The number of nitrogens with two attached hydrogens (primary N) is 1. The molecule has 2 atom stereocenters. The molecule has 0 radical (unpaired) electrons. The average Bonchev–Trinajstić information content (AvgIpc) is 2.87. The lowest BCUT2D eigenvalue weighted by molar-refractivity contribution is 0.193. The van der Waals surface area contributed by atoms with Gasteiger partial charge in [-0.05, 0) is 31.4 Å². The van der Waals surface area contributed by atoms with Crippen molar-refractivity contribution in [3.8, 4) is 0 Å². The van der Waals surface area contributed by atoms with Gasteiger partial charge in [-0.3, -0.25) is 4.90 Å². The Morgan fingerprint density at radius 3 is 2.61 bits per heavy atom. The van der Waals surface area contributed by atoms with Crippen LogP contribution in [0.1, 0.15) is 18.0 Å². The molecule has 2 N–H and O–H groups in total. The highest BCUT2D eigenvalue weighted by atomic mass is 35.5. The Balaban J connectivity index is 2.27. The molecule has 1 heterocycles. The molecular weight excluding hydrogens is 287 g/mol. The summed E-state index contributed by atoms with van der Waals surface area (Å²) in [5, 5.41) is 1.41. The summed E-state index contributed by atoms with van der Waals surface area (Å²) in [7, 11) is 2.12. The zero-order valence-corrected chi connectivity index (χ0v) is 12.7. The zero-order chi connectivity index (χ0) is 13.1. The number of rotatable bonds is 4. The van der Waals surface area contributed by atoms with Gasteiger partial charge in [0.1, 0.15) is 0 Å². The van der Waals surface area contributed by atoms with Crippen LogP contribution in [0.3, 0.4) is 0 Å². The summed E-state index contributed by atoms with van der Waals surface area (Å²) in [6.45, 7) is 0.529. The number of nitrogens with zero attached hydrogens (tertiary/aromatic N) is 1. The minimum absolute atomic E-state index is 0.0925. The summed E-state index contributed by atoms with van der Waals surface area (Å²) >= 11 is 14.6. The Morgan fingerprint density at radius 1 is 1.44 bits per heavy atom. The first-order chi connectivity index (χ1) is 8.65. The molecule has 5 heteroatoms. The van der Waals surface area contributed by atoms with Crippen LogP contribution in [-0.4, -0.2) is 36.0 Å². The highest BCUT2D eigenvalue weighted by molar-refractivity contribution is 7.99. The molecule has 0 saturated carbocycles. The fourth-order valence-corrected chi connectivity index (χ4v) is 4.34. The molecule has 2 unspecified atom stereocenters. The largest absolute Gasteiger partial charge is 0.329 e. The highest BCUT2D eigenvalue weighted by Gasteiger charge is 2.28.